The van der Waals surface area contributed by atoms with E-state index in [1.807, 2.05) is 54.6 Å². The average Bonchev–Trinajstić information content (AvgIpc) is 2.99. The molecule has 0 bridgehead atoms. The van der Waals surface area contributed by atoms with E-state index in [2.05, 4.69) is 37.2 Å². The van der Waals surface area contributed by atoms with Gasteiger partial charge in [0.1, 0.15) is 12.6 Å². The molecule has 0 heterocycles. The summed E-state index contributed by atoms with van der Waals surface area (Å²) in [6.07, 6.45) is 0.255. The molecule has 0 aliphatic heterocycles. The number of hydrogen-bond donors (Lipinski definition) is 1. The van der Waals surface area contributed by atoms with Gasteiger partial charge >= 0.3 is 0 Å². The number of nitrogens with one attached hydrogen (secondary N) is 1. The SMILES string of the molecule is CNC(=O)C(Cc1ccccc1)N(Cc1ccc(Br)cc1)C(=O)CN(c1cccc(Br)c1)S(=O)(=O)c1ccccc1. The molecule has 0 spiro atoms. The molecule has 0 aromatic heterocycles. The zero-order valence-electron chi connectivity index (χ0n) is 22.3. The average molecular weight is 699 g/mol. The van der Waals surface area contributed by atoms with E-state index in [0.29, 0.717) is 10.2 Å². The van der Waals surface area contributed by atoms with Gasteiger partial charge in [-0.05, 0) is 53.6 Å². The van der Waals surface area contributed by atoms with Crippen molar-refractivity contribution in [1.29, 1.82) is 0 Å². The number of amides is 2. The van der Waals surface area contributed by atoms with Crippen LogP contribution in [0.2, 0.25) is 0 Å². The summed E-state index contributed by atoms with van der Waals surface area (Å²) in [7, 11) is -2.61. The molecule has 1 unspecified atom stereocenters. The van der Waals surface area contributed by atoms with Crippen LogP contribution in [0.4, 0.5) is 5.69 Å². The molecular weight excluding hydrogens is 670 g/mol. The Morgan fingerprint density at radius 3 is 2.02 bits per heavy atom. The summed E-state index contributed by atoms with van der Waals surface area (Å²) in [4.78, 5) is 29.0. The lowest BCUT2D eigenvalue weighted by atomic mass is 10.0. The molecule has 4 rings (SSSR count). The molecule has 212 valence electrons. The Bertz CT molecular complexity index is 1580. The van der Waals surface area contributed by atoms with Gasteiger partial charge < -0.3 is 10.2 Å². The molecule has 0 saturated carbocycles. The maximum atomic E-state index is 14.2. The lowest BCUT2D eigenvalue weighted by molar-refractivity contribution is -0.139. The highest BCUT2D eigenvalue weighted by molar-refractivity contribution is 9.10. The first-order valence-corrected chi connectivity index (χ1v) is 15.8. The minimum absolute atomic E-state index is 0.0550. The Morgan fingerprint density at radius 1 is 0.780 bits per heavy atom. The Balaban J connectivity index is 1.78. The van der Waals surface area contributed by atoms with E-state index < -0.39 is 28.5 Å². The summed E-state index contributed by atoms with van der Waals surface area (Å²) < 4.78 is 30.4. The third-order valence-electron chi connectivity index (χ3n) is 6.49. The zero-order valence-corrected chi connectivity index (χ0v) is 26.3. The van der Waals surface area contributed by atoms with Gasteiger partial charge in [-0.1, -0.05) is 98.6 Å². The molecule has 1 N–H and O–H groups in total. The molecule has 4 aromatic rings. The normalized spacial score (nSPS) is 11.9. The van der Waals surface area contributed by atoms with Crippen molar-refractivity contribution in [2.75, 3.05) is 17.9 Å². The van der Waals surface area contributed by atoms with Gasteiger partial charge in [-0.15, -0.1) is 0 Å². The topological polar surface area (TPSA) is 86.8 Å². The van der Waals surface area contributed by atoms with Crippen molar-refractivity contribution in [3.63, 3.8) is 0 Å². The van der Waals surface area contributed by atoms with E-state index in [1.54, 1.807) is 42.5 Å². The molecule has 2 amide bonds. The van der Waals surface area contributed by atoms with Crippen LogP contribution in [-0.4, -0.2) is 44.8 Å². The summed E-state index contributed by atoms with van der Waals surface area (Å²) in [6.45, 7) is -0.402. The van der Waals surface area contributed by atoms with E-state index in [9.17, 15) is 18.0 Å². The third-order valence-corrected chi connectivity index (χ3v) is 9.30. The zero-order chi connectivity index (χ0) is 29.4. The number of hydrogen-bond acceptors (Lipinski definition) is 4. The predicted molar refractivity (Wildman–Crippen MR) is 168 cm³/mol. The van der Waals surface area contributed by atoms with Crippen molar-refractivity contribution in [2.45, 2.75) is 23.9 Å². The van der Waals surface area contributed by atoms with Gasteiger partial charge in [0.25, 0.3) is 10.0 Å². The highest BCUT2D eigenvalue weighted by Gasteiger charge is 2.34. The Morgan fingerprint density at radius 2 is 1.41 bits per heavy atom. The molecule has 0 radical (unpaired) electrons. The predicted octanol–water partition coefficient (Wildman–Crippen LogP) is 5.79. The van der Waals surface area contributed by atoms with Gasteiger partial charge in [0.15, 0.2) is 0 Å². The number of halogens is 2. The molecule has 0 saturated heterocycles. The van der Waals surface area contributed by atoms with Crippen LogP contribution < -0.4 is 9.62 Å². The monoisotopic (exact) mass is 697 g/mol. The number of nitrogens with zero attached hydrogens (tertiary/aromatic N) is 2. The van der Waals surface area contributed by atoms with Crippen LogP contribution in [0.25, 0.3) is 0 Å². The second-order valence-electron chi connectivity index (χ2n) is 9.27. The Kier molecular flexibility index (Phi) is 10.4. The van der Waals surface area contributed by atoms with Crippen molar-refractivity contribution in [1.82, 2.24) is 10.2 Å². The van der Waals surface area contributed by atoms with Gasteiger partial charge in [0, 0.05) is 29.0 Å². The van der Waals surface area contributed by atoms with Crippen LogP contribution in [0.5, 0.6) is 0 Å². The van der Waals surface area contributed by atoms with Crippen LogP contribution in [0.3, 0.4) is 0 Å². The van der Waals surface area contributed by atoms with E-state index in [4.69, 9.17) is 0 Å². The van der Waals surface area contributed by atoms with Crippen molar-refractivity contribution in [3.05, 3.63) is 129 Å². The number of carbonyl (C=O) groups is 2. The second kappa shape index (κ2) is 13.9. The lowest BCUT2D eigenvalue weighted by Gasteiger charge is -2.33. The maximum absolute atomic E-state index is 14.2. The second-order valence-corrected chi connectivity index (χ2v) is 13.0. The molecule has 41 heavy (non-hydrogen) atoms. The highest BCUT2D eigenvalue weighted by Crippen LogP contribution is 2.27. The molecule has 0 aliphatic rings. The van der Waals surface area contributed by atoms with E-state index in [0.717, 1.165) is 19.9 Å². The standard InChI is InChI=1S/C31H29Br2N3O4S/c1-34-31(38)29(19-23-9-4-2-5-10-23)35(21-24-15-17-25(32)18-16-24)30(37)22-36(27-12-8-11-26(33)20-27)41(39,40)28-13-6-3-7-14-28/h2-18,20,29H,19,21-22H2,1H3,(H,34,38). The first kappa shape index (κ1) is 30.5. The molecule has 1 atom stereocenters. The van der Waals surface area contributed by atoms with Crippen molar-refractivity contribution >= 4 is 59.4 Å². The van der Waals surface area contributed by atoms with Crippen molar-refractivity contribution < 1.29 is 18.0 Å². The third kappa shape index (κ3) is 7.84. The number of carbonyl (C=O) groups excluding carboxylic acids is 2. The smallest absolute Gasteiger partial charge is 0.264 e. The number of benzene rings is 4. The molecule has 0 aliphatic carbocycles. The maximum Gasteiger partial charge on any atom is 0.264 e. The highest BCUT2D eigenvalue weighted by atomic mass is 79.9. The van der Waals surface area contributed by atoms with Gasteiger partial charge in [0.05, 0.1) is 10.6 Å². The van der Waals surface area contributed by atoms with Crippen LogP contribution in [0.1, 0.15) is 11.1 Å². The van der Waals surface area contributed by atoms with Gasteiger partial charge in [-0.2, -0.15) is 0 Å². The number of likely N-dealkylation sites (N-methyl/N-ethyl adjacent to an activating group) is 1. The molecule has 7 nitrogen and oxygen atoms in total. The lowest BCUT2D eigenvalue weighted by Crippen LogP contribution is -2.53. The summed E-state index contributed by atoms with van der Waals surface area (Å²) in [5, 5.41) is 2.69. The Hall–Kier alpha value is -3.47. The fourth-order valence-corrected chi connectivity index (χ4v) is 6.47. The largest absolute Gasteiger partial charge is 0.357 e. The van der Waals surface area contributed by atoms with Gasteiger partial charge in [-0.3, -0.25) is 13.9 Å². The number of rotatable bonds is 11. The molecule has 0 fully saturated rings. The minimum Gasteiger partial charge on any atom is -0.357 e. The summed E-state index contributed by atoms with van der Waals surface area (Å²) in [6, 6.07) is 30.7. The first-order valence-electron chi connectivity index (χ1n) is 12.8. The van der Waals surface area contributed by atoms with Crippen LogP contribution >= 0.6 is 31.9 Å². The molecular formula is C31H29Br2N3O4S. The van der Waals surface area contributed by atoms with Crippen molar-refractivity contribution in [3.8, 4) is 0 Å². The van der Waals surface area contributed by atoms with Gasteiger partial charge in [0.2, 0.25) is 11.8 Å². The summed E-state index contributed by atoms with van der Waals surface area (Å²) in [5.41, 5.74) is 1.98. The van der Waals surface area contributed by atoms with Crippen molar-refractivity contribution in [2.24, 2.45) is 0 Å². The van der Waals surface area contributed by atoms with Crippen LogP contribution in [-0.2, 0) is 32.6 Å². The summed E-state index contributed by atoms with van der Waals surface area (Å²) in [5.74, 6) is -0.865. The van der Waals surface area contributed by atoms with E-state index >= 15 is 0 Å². The Labute approximate surface area is 257 Å². The number of sulfonamides is 1. The fraction of sp³-hybridized carbons (Fsp3) is 0.161. The number of anilines is 1. The first-order chi connectivity index (χ1) is 19.7. The quantitative estimate of drug-likeness (QED) is 0.215. The van der Waals surface area contributed by atoms with Crippen LogP contribution in [0.15, 0.2) is 123 Å². The molecule has 4 aromatic carbocycles. The van der Waals surface area contributed by atoms with Crippen LogP contribution in [0, 0.1) is 0 Å². The minimum atomic E-state index is -4.13. The molecule has 10 heteroatoms. The fourth-order valence-electron chi connectivity index (χ4n) is 4.39. The van der Waals surface area contributed by atoms with E-state index in [1.165, 1.54) is 24.1 Å². The van der Waals surface area contributed by atoms with Gasteiger partial charge in [-0.25, -0.2) is 8.42 Å². The van der Waals surface area contributed by atoms with E-state index in [-0.39, 0.29) is 23.8 Å². The summed E-state index contributed by atoms with van der Waals surface area (Å²) >= 11 is 6.85.